The monoisotopic (exact) mass is 294 g/mol. The number of hydrogen-bond acceptors (Lipinski definition) is 6. The highest BCUT2D eigenvalue weighted by atomic mass is 19.1. The van der Waals surface area contributed by atoms with Gasteiger partial charge in [-0.2, -0.15) is 4.98 Å². The summed E-state index contributed by atoms with van der Waals surface area (Å²) in [5.41, 5.74) is 6.76. The maximum absolute atomic E-state index is 13.7. The van der Waals surface area contributed by atoms with Gasteiger partial charge in [-0.15, -0.1) is 0 Å². The molecule has 0 spiro atoms. The molecule has 114 valence electrons. The average Bonchev–Trinajstić information content (AvgIpc) is 2.85. The van der Waals surface area contributed by atoms with Crippen LogP contribution in [0.4, 0.5) is 15.8 Å². The van der Waals surface area contributed by atoms with Gasteiger partial charge >= 0.3 is 0 Å². The van der Waals surface area contributed by atoms with Crippen LogP contribution >= 0.6 is 0 Å². The molecule has 0 aliphatic rings. The second kappa shape index (κ2) is 6.92. The van der Waals surface area contributed by atoms with E-state index in [2.05, 4.69) is 15.5 Å². The molecule has 0 radical (unpaired) electrons. The van der Waals surface area contributed by atoms with Gasteiger partial charge in [0.05, 0.1) is 18.0 Å². The highest BCUT2D eigenvalue weighted by Gasteiger charge is 2.09. The maximum atomic E-state index is 13.7. The van der Waals surface area contributed by atoms with E-state index in [1.54, 1.807) is 13.0 Å². The Kier molecular flexibility index (Phi) is 4.97. The van der Waals surface area contributed by atoms with Crippen molar-refractivity contribution in [2.75, 3.05) is 24.2 Å². The molecule has 0 bridgehead atoms. The molecule has 2 rings (SSSR count). The van der Waals surface area contributed by atoms with Gasteiger partial charge in [0.25, 0.3) is 0 Å². The largest absolute Gasteiger partial charge is 0.490 e. The van der Waals surface area contributed by atoms with Crippen molar-refractivity contribution in [1.29, 1.82) is 0 Å². The summed E-state index contributed by atoms with van der Waals surface area (Å²) in [6.45, 7) is 4.71. The van der Waals surface area contributed by atoms with Crippen LogP contribution in [-0.2, 0) is 6.42 Å². The summed E-state index contributed by atoms with van der Waals surface area (Å²) in [4.78, 5) is 4.10. The summed E-state index contributed by atoms with van der Waals surface area (Å²) in [6, 6.07) is 2.83. The first kappa shape index (κ1) is 15.1. The van der Waals surface area contributed by atoms with Gasteiger partial charge in [0.1, 0.15) is 0 Å². The van der Waals surface area contributed by atoms with Gasteiger partial charge in [-0.3, -0.25) is 0 Å². The summed E-state index contributed by atoms with van der Waals surface area (Å²) in [5.74, 6) is 0.883. The Labute approximate surface area is 122 Å². The third kappa shape index (κ3) is 4.08. The van der Waals surface area contributed by atoms with Crippen molar-refractivity contribution in [3.05, 3.63) is 29.7 Å². The minimum Gasteiger partial charge on any atom is -0.490 e. The fraction of sp³-hybridized carbons (Fsp3) is 0.429. The molecular weight excluding hydrogens is 275 g/mol. The highest BCUT2D eigenvalue weighted by molar-refractivity contribution is 5.68. The van der Waals surface area contributed by atoms with Gasteiger partial charge in [0, 0.05) is 32.0 Å². The second-order valence-corrected chi connectivity index (χ2v) is 4.62. The van der Waals surface area contributed by atoms with Crippen molar-refractivity contribution in [3.8, 4) is 5.75 Å². The molecule has 1 heterocycles. The third-order valence-corrected chi connectivity index (χ3v) is 2.80. The Hall–Kier alpha value is -2.31. The molecule has 1 aromatic carbocycles. The van der Waals surface area contributed by atoms with Crippen LogP contribution in [0.25, 0.3) is 0 Å². The molecule has 7 heteroatoms. The molecule has 1 aromatic heterocycles. The SMILES string of the molecule is CCCOc1cc(NCCc2noc(C)n2)c(N)cc1F. The van der Waals surface area contributed by atoms with Crippen molar-refractivity contribution in [2.24, 2.45) is 0 Å². The second-order valence-electron chi connectivity index (χ2n) is 4.62. The number of nitrogens with two attached hydrogens (primary N) is 1. The zero-order valence-electron chi connectivity index (χ0n) is 12.1. The number of anilines is 2. The summed E-state index contributed by atoms with van der Waals surface area (Å²) in [7, 11) is 0. The van der Waals surface area contributed by atoms with Crippen LogP contribution in [0.15, 0.2) is 16.7 Å². The van der Waals surface area contributed by atoms with E-state index in [9.17, 15) is 4.39 Å². The molecule has 0 amide bonds. The molecule has 0 saturated carbocycles. The van der Waals surface area contributed by atoms with E-state index in [4.69, 9.17) is 15.0 Å². The molecule has 0 atom stereocenters. The zero-order chi connectivity index (χ0) is 15.2. The number of hydrogen-bond donors (Lipinski definition) is 2. The Balaban J connectivity index is 1.98. The highest BCUT2D eigenvalue weighted by Crippen LogP contribution is 2.28. The molecule has 21 heavy (non-hydrogen) atoms. The molecule has 3 N–H and O–H groups in total. The number of nitrogen functional groups attached to an aromatic ring is 1. The maximum Gasteiger partial charge on any atom is 0.223 e. The van der Waals surface area contributed by atoms with Gasteiger partial charge in [-0.1, -0.05) is 12.1 Å². The fourth-order valence-electron chi connectivity index (χ4n) is 1.80. The number of ether oxygens (including phenoxy) is 1. The van der Waals surface area contributed by atoms with E-state index in [0.29, 0.717) is 42.7 Å². The van der Waals surface area contributed by atoms with E-state index < -0.39 is 5.82 Å². The van der Waals surface area contributed by atoms with Crippen LogP contribution in [-0.4, -0.2) is 23.3 Å². The van der Waals surface area contributed by atoms with E-state index in [1.807, 2.05) is 6.92 Å². The zero-order valence-corrected chi connectivity index (χ0v) is 12.1. The first-order valence-electron chi connectivity index (χ1n) is 6.85. The topological polar surface area (TPSA) is 86.2 Å². The smallest absolute Gasteiger partial charge is 0.223 e. The number of aromatic nitrogens is 2. The molecule has 0 unspecified atom stereocenters. The number of halogens is 1. The predicted octanol–water partition coefficient (Wildman–Crippen LogP) is 2.54. The van der Waals surface area contributed by atoms with Gasteiger partial charge in [-0.25, -0.2) is 4.39 Å². The quantitative estimate of drug-likeness (QED) is 0.763. The molecule has 0 aliphatic carbocycles. The lowest BCUT2D eigenvalue weighted by Gasteiger charge is -2.12. The van der Waals surface area contributed by atoms with Crippen LogP contribution in [0.3, 0.4) is 0 Å². The summed E-state index contributed by atoms with van der Waals surface area (Å²) < 4.78 is 23.9. The van der Waals surface area contributed by atoms with Crippen LogP contribution in [0.5, 0.6) is 5.75 Å². The lowest BCUT2D eigenvalue weighted by molar-refractivity contribution is 0.301. The predicted molar refractivity (Wildman–Crippen MR) is 77.8 cm³/mol. The Morgan fingerprint density at radius 3 is 2.90 bits per heavy atom. The summed E-state index contributed by atoms with van der Waals surface area (Å²) >= 11 is 0. The standard InChI is InChI=1S/C14H19FN4O2/c1-3-6-20-13-8-12(11(16)7-10(13)15)17-5-4-14-18-9(2)21-19-14/h7-8,17H,3-6,16H2,1-2H3. The summed E-state index contributed by atoms with van der Waals surface area (Å²) in [6.07, 6.45) is 1.39. The van der Waals surface area contributed by atoms with Crippen LogP contribution < -0.4 is 15.8 Å². The van der Waals surface area contributed by atoms with Gasteiger partial charge in [0.2, 0.25) is 5.89 Å². The number of benzene rings is 1. The normalized spacial score (nSPS) is 10.6. The van der Waals surface area contributed by atoms with Crippen molar-refractivity contribution in [3.63, 3.8) is 0 Å². The van der Waals surface area contributed by atoms with Crippen LogP contribution in [0, 0.1) is 12.7 Å². The van der Waals surface area contributed by atoms with Crippen molar-refractivity contribution >= 4 is 11.4 Å². The van der Waals surface area contributed by atoms with E-state index in [-0.39, 0.29) is 5.75 Å². The average molecular weight is 294 g/mol. The fourth-order valence-corrected chi connectivity index (χ4v) is 1.80. The minimum atomic E-state index is -0.458. The van der Waals surface area contributed by atoms with E-state index in [1.165, 1.54) is 6.07 Å². The summed E-state index contributed by atoms with van der Waals surface area (Å²) in [5, 5.41) is 6.92. The molecule has 6 nitrogen and oxygen atoms in total. The molecule has 0 aliphatic heterocycles. The Morgan fingerprint density at radius 2 is 2.24 bits per heavy atom. The Bertz CT molecular complexity index is 601. The molecular formula is C14H19FN4O2. The lowest BCUT2D eigenvalue weighted by Crippen LogP contribution is -2.09. The number of aryl methyl sites for hydroxylation is 1. The first-order valence-corrected chi connectivity index (χ1v) is 6.85. The van der Waals surface area contributed by atoms with E-state index >= 15 is 0 Å². The lowest BCUT2D eigenvalue weighted by atomic mass is 10.2. The number of nitrogens with zero attached hydrogens (tertiary/aromatic N) is 2. The van der Waals surface area contributed by atoms with Crippen LogP contribution in [0.1, 0.15) is 25.1 Å². The molecule has 0 saturated heterocycles. The number of nitrogens with one attached hydrogen (secondary N) is 1. The van der Waals surface area contributed by atoms with Gasteiger partial charge < -0.3 is 20.3 Å². The van der Waals surface area contributed by atoms with Crippen molar-refractivity contribution in [2.45, 2.75) is 26.7 Å². The Morgan fingerprint density at radius 1 is 1.43 bits per heavy atom. The van der Waals surface area contributed by atoms with Crippen molar-refractivity contribution in [1.82, 2.24) is 10.1 Å². The molecule has 0 fully saturated rings. The third-order valence-electron chi connectivity index (χ3n) is 2.80. The first-order chi connectivity index (χ1) is 10.1. The van der Waals surface area contributed by atoms with Gasteiger partial charge in [-0.05, 0) is 6.42 Å². The number of rotatable bonds is 7. The van der Waals surface area contributed by atoms with E-state index in [0.717, 1.165) is 6.42 Å². The van der Waals surface area contributed by atoms with Crippen molar-refractivity contribution < 1.29 is 13.7 Å². The van der Waals surface area contributed by atoms with Gasteiger partial charge in [0.15, 0.2) is 17.4 Å². The van der Waals surface area contributed by atoms with Crippen LogP contribution in [0.2, 0.25) is 0 Å². The molecule has 2 aromatic rings. The minimum absolute atomic E-state index is 0.198.